The fraction of sp³-hybridized carbons (Fsp3) is 0.286. The Kier molecular flexibility index (Phi) is 3.85. The molecule has 0 fully saturated rings. The third kappa shape index (κ3) is 3.34. The molecule has 0 saturated heterocycles. The Morgan fingerprint density at radius 1 is 1.32 bits per heavy atom. The van der Waals surface area contributed by atoms with E-state index < -0.39 is 0 Å². The molecule has 19 heavy (non-hydrogen) atoms. The van der Waals surface area contributed by atoms with Crippen LogP contribution in [0.25, 0.3) is 0 Å². The van der Waals surface area contributed by atoms with Crippen molar-refractivity contribution in [2.75, 3.05) is 10.6 Å². The van der Waals surface area contributed by atoms with Gasteiger partial charge in [0.25, 0.3) is 0 Å². The van der Waals surface area contributed by atoms with Crippen LogP contribution in [0, 0.1) is 6.92 Å². The van der Waals surface area contributed by atoms with Crippen molar-refractivity contribution in [2.24, 2.45) is 7.05 Å². The molecule has 2 N–H and O–H groups in total. The van der Waals surface area contributed by atoms with Crippen molar-refractivity contribution in [3.63, 3.8) is 0 Å². The highest BCUT2D eigenvalue weighted by molar-refractivity contribution is 5.96. The highest BCUT2D eigenvalue weighted by Gasteiger charge is 2.14. The van der Waals surface area contributed by atoms with Gasteiger partial charge in [-0.25, -0.2) is 0 Å². The van der Waals surface area contributed by atoms with Crippen LogP contribution in [0.3, 0.4) is 0 Å². The summed E-state index contributed by atoms with van der Waals surface area (Å²) in [5.41, 5.74) is 1.88. The Labute approximate surface area is 112 Å². The fourth-order valence-electron chi connectivity index (χ4n) is 1.73. The molecule has 1 atom stereocenters. The minimum Gasteiger partial charge on any atom is -0.357 e. The van der Waals surface area contributed by atoms with Crippen LogP contribution >= 0.6 is 0 Å². The normalized spacial score (nSPS) is 11.9. The minimum absolute atomic E-state index is 0.0834. The first-order chi connectivity index (χ1) is 9.06. The Hall–Kier alpha value is -2.30. The van der Waals surface area contributed by atoms with Crippen LogP contribution in [0.1, 0.15) is 12.5 Å². The van der Waals surface area contributed by atoms with Crippen LogP contribution in [0.4, 0.5) is 11.5 Å². The van der Waals surface area contributed by atoms with E-state index in [1.54, 1.807) is 4.68 Å². The van der Waals surface area contributed by atoms with Crippen LogP contribution in [0.5, 0.6) is 0 Å². The van der Waals surface area contributed by atoms with E-state index in [0.29, 0.717) is 5.82 Å². The second kappa shape index (κ2) is 5.56. The smallest absolute Gasteiger partial charge is 0.246 e. The van der Waals surface area contributed by atoms with E-state index in [-0.39, 0.29) is 11.9 Å². The number of anilines is 2. The zero-order chi connectivity index (χ0) is 13.8. The van der Waals surface area contributed by atoms with Gasteiger partial charge in [0.2, 0.25) is 5.91 Å². The zero-order valence-electron chi connectivity index (χ0n) is 11.3. The highest BCUT2D eigenvalue weighted by atomic mass is 16.2. The predicted molar refractivity (Wildman–Crippen MR) is 76.1 cm³/mol. The first kappa shape index (κ1) is 13.1. The molecular weight excluding hydrogens is 240 g/mol. The minimum atomic E-state index is -0.352. The molecule has 5 heteroatoms. The second-order valence-electron chi connectivity index (χ2n) is 4.54. The number of aromatic nitrogens is 2. The van der Waals surface area contributed by atoms with E-state index in [1.807, 2.05) is 57.4 Å². The molecule has 0 saturated carbocycles. The van der Waals surface area contributed by atoms with Crippen molar-refractivity contribution in [1.29, 1.82) is 0 Å². The second-order valence-corrected chi connectivity index (χ2v) is 4.54. The predicted octanol–water partition coefficient (Wildman–Crippen LogP) is 2.17. The topological polar surface area (TPSA) is 59.0 Å². The Balaban J connectivity index is 1.98. The number of amides is 1. The Morgan fingerprint density at radius 2 is 2.05 bits per heavy atom. The third-order valence-electron chi connectivity index (χ3n) is 2.87. The van der Waals surface area contributed by atoms with Gasteiger partial charge in [0.1, 0.15) is 11.9 Å². The van der Waals surface area contributed by atoms with Gasteiger partial charge in [0, 0.05) is 25.0 Å². The number of hydrogen-bond donors (Lipinski definition) is 2. The summed E-state index contributed by atoms with van der Waals surface area (Å²) in [6, 6.07) is 9.18. The Bertz CT molecular complexity index is 576. The number of aryl methyl sites for hydroxylation is 2. The summed E-state index contributed by atoms with van der Waals surface area (Å²) in [5.74, 6) is 0.606. The molecule has 0 spiro atoms. The van der Waals surface area contributed by atoms with Gasteiger partial charge in [-0.2, -0.15) is 5.10 Å². The molecule has 1 unspecified atom stereocenters. The summed E-state index contributed by atoms with van der Waals surface area (Å²) in [6.07, 6.45) is 1.83. The molecule has 0 aliphatic rings. The molecule has 2 rings (SSSR count). The average molecular weight is 258 g/mol. The van der Waals surface area contributed by atoms with Crippen LogP contribution in [-0.2, 0) is 11.8 Å². The summed E-state index contributed by atoms with van der Waals surface area (Å²) in [6.45, 7) is 3.77. The van der Waals surface area contributed by atoms with Gasteiger partial charge in [-0.1, -0.05) is 18.2 Å². The maximum absolute atomic E-state index is 12.1. The van der Waals surface area contributed by atoms with E-state index in [0.717, 1.165) is 11.3 Å². The number of nitrogens with zero attached hydrogens (tertiary/aromatic N) is 2. The van der Waals surface area contributed by atoms with Crippen LogP contribution in [0.2, 0.25) is 0 Å². The number of rotatable bonds is 4. The number of para-hydroxylation sites is 1. The van der Waals surface area contributed by atoms with Gasteiger partial charge in [-0.3, -0.25) is 9.48 Å². The number of benzene rings is 1. The molecule has 1 aromatic carbocycles. The third-order valence-corrected chi connectivity index (χ3v) is 2.87. The summed E-state index contributed by atoms with van der Waals surface area (Å²) < 4.78 is 1.69. The maximum atomic E-state index is 12.1. The maximum Gasteiger partial charge on any atom is 0.246 e. The van der Waals surface area contributed by atoms with E-state index in [4.69, 9.17) is 0 Å². The number of carbonyl (C=O) groups excluding carboxylic acids is 1. The zero-order valence-corrected chi connectivity index (χ0v) is 11.3. The van der Waals surface area contributed by atoms with E-state index in [2.05, 4.69) is 15.7 Å². The van der Waals surface area contributed by atoms with Crippen molar-refractivity contribution in [3.8, 4) is 0 Å². The molecule has 2 aromatic rings. The van der Waals surface area contributed by atoms with Crippen molar-refractivity contribution in [2.45, 2.75) is 19.9 Å². The molecule has 0 radical (unpaired) electrons. The van der Waals surface area contributed by atoms with E-state index in [9.17, 15) is 4.79 Å². The van der Waals surface area contributed by atoms with Gasteiger partial charge >= 0.3 is 0 Å². The number of carbonyl (C=O) groups is 1. The largest absolute Gasteiger partial charge is 0.357 e. The van der Waals surface area contributed by atoms with Crippen molar-refractivity contribution in [3.05, 3.63) is 42.1 Å². The molecule has 0 aliphatic carbocycles. The van der Waals surface area contributed by atoms with Crippen LogP contribution in [-0.4, -0.2) is 21.7 Å². The molecule has 1 heterocycles. The van der Waals surface area contributed by atoms with Crippen LogP contribution < -0.4 is 10.6 Å². The first-order valence-electron chi connectivity index (χ1n) is 6.19. The lowest BCUT2D eigenvalue weighted by atomic mass is 10.2. The standard InChI is InChI=1S/C14H18N4O/c1-10-6-4-5-7-12(10)16-14(19)11(2)15-13-8-9-18(3)17-13/h4-9,11H,1-3H3,(H,15,17)(H,16,19). The summed E-state index contributed by atoms with van der Waals surface area (Å²) >= 11 is 0. The molecule has 0 aliphatic heterocycles. The molecule has 100 valence electrons. The first-order valence-corrected chi connectivity index (χ1v) is 6.19. The van der Waals surface area contributed by atoms with Gasteiger partial charge in [-0.15, -0.1) is 0 Å². The monoisotopic (exact) mass is 258 g/mol. The number of hydrogen-bond acceptors (Lipinski definition) is 3. The Morgan fingerprint density at radius 3 is 2.68 bits per heavy atom. The molecular formula is C14H18N4O. The highest BCUT2D eigenvalue weighted by Crippen LogP contribution is 2.14. The molecule has 1 amide bonds. The SMILES string of the molecule is Cc1ccccc1NC(=O)C(C)Nc1ccn(C)n1. The van der Waals surface area contributed by atoms with Crippen LogP contribution in [0.15, 0.2) is 36.5 Å². The fourth-order valence-corrected chi connectivity index (χ4v) is 1.73. The molecule has 0 bridgehead atoms. The molecule has 5 nitrogen and oxygen atoms in total. The average Bonchev–Trinajstić information content (AvgIpc) is 2.77. The summed E-state index contributed by atoms with van der Waals surface area (Å²) in [5, 5.41) is 10.1. The summed E-state index contributed by atoms with van der Waals surface area (Å²) in [4.78, 5) is 12.1. The van der Waals surface area contributed by atoms with Gasteiger partial charge in [-0.05, 0) is 25.5 Å². The molecule has 1 aromatic heterocycles. The lowest BCUT2D eigenvalue weighted by Crippen LogP contribution is -2.32. The van der Waals surface area contributed by atoms with Gasteiger partial charge in [0.05, 0.1) is 0 Å². The van der Waals surface area contributed by atoms with Gasteiger partial charge < -0.3 is 10.6 Å². The quantitative estimate of drug-likeness (QED) is 0.883. The van der Waals surface area contributed by atoms with E-state index >= 15 is 0 Å². The van der Waals surface area contributed by atoms with E-state index in [1.165, 1.54) is 0 Å². The van der Waals surface area contributed by atoms with Gasteiger partial charge in [0.15, 0.2) is 0 Å². The number of nitrogens with one attached hydrogen (secondary N) is 2. The van der Waals surface area contributed by atoms with Crippen molar-refractivity contribution >= 4 is 17.4 Å². The lowest BCUT2D eigenvalue weighted by Gasteiger charge is -2.14. The lowest BCUT2D eigenvalue weighted by molar-refractivity contribution is -0.116. The van der Waals surface area contributed by atoms with Crippen molar-refractivity contribution in [1.82, 2.24) is 9.78 Å². The summed E-state index contributed by atoms with van der Waals surface area (Å²) in [7, 11) is 1.84. The van der Waals surface area contributed by atoms with Crippen molar-refractivity contribution < 1.29 is 4.79 Å².